The Morgan fingerprint density at radius 3 is 1.73 bits per heavy atom. The topological polar surface area (TPSA) is 56.7 Å². The number of aromatic nitrogens is 4. The average Bonchev–Trinajstić information content (AvgIpc) is 3.98. The number of aryl methyl sites for hydroxylation is 2. The van der Waals surface area contributed by atoms with Gasteiger partial charge >= 0.3 is 0 Å². The second-order valence-corrected chi connectivity index (χ2v) is 16.2. The molecule has 12 rings (SSSR count). The van der Waals surface area contributed by atoms with Crippen molar-refractivity contribution < 1.29 is 4.42 Å². The van der Waals surface area contributed by atoms with Crippen LogP contribution in [-0.2, 0) is 12.8 Å². The minimum atomic E-state index is 0.662. The third-order valence-electron chi connectivity index (χ3n) is 11.6. The van der Waals surface area contributed by atoms with Gasteiger partial charge < -0.3 is 8.98 Å². The molecule has 12 aromatic rings. The Bertz CT molecular complexity index is 3450. The fourth-order valence-electron chi connectivity index (χ4n) is 8.77. The number of thiophene rings is 1. The highest BCUT2D eigenvalue weighted by atomic mass is 32.1. The van der Waals surface area contributed by atoms with Crippen LogP contribution in [0.3, 0.4) is 0 Å². The van der Waals surface area contributed by atoms with Crippen molar-refractivity contribution in [3.8, 4) is 39.9 Å². The van der Waals surface area contributed by atoms with Crippen molar-refractivity contribution in [2.45, 2.75) is 12.8 Å². The third kappa shape index (κ3) is 5.71. The molecular weight excluding hydrogens is 741 g/mol. The van der Waals surface area contributed by atoms with Crippen molar-refractivity contribution in [1.82, 2.24) is 19.5 Å². The number of benzene rings is 8. The molecule has 4 aromatic heterocycles. The first-order valence-electron chi connectivity index (χ1n) is 20.0. The second-order valence-electron chi connectivity index (χ2n) is 15.1. The fraction of sp³-hybridized carbons (Fsp3) is 0.0377. The summed E-state index contributed by atoms with van der Waals surface area (Å²) in [6.45, 7) is 0. The summed E-state index contributed by atoms with van der Waals surface area (Å²) >= 11 is 1.83. The van der Waals surface area contributed by atoms with Gasteiger partial charge in [-0.3, -0.25) is 0 Å². The number of fused-ring (bicyclic) bond motifs is 9. The lowest BCUT2D eigenvalue weighted by Crippen LogP contribution is -2.00. The summed E-state index contributed by atoms with van der Waals surface area (Å²) in [5, 5.41) is 7.32. The number of nitrogens with zero attached hydrogens (tertiary/aromatic N) is 4. The summed E-state index contributed by atoms with van der Waals surface area (Å²) < 4.78 is 11.4. The Kier molecular flexibility index (Phi) is 7.78. The average molecular weight is 775 g/mol. The second kappa shape index (κ2) is 13.6. The van der Waals surface area contributed by atoms with Crippen LogP contribution in [0.2, 0.25) is 0 Å². The molecule has 0 aliphatic rings. The first kappa shape index (κ1) is 33.7. The van der Waals surface area contributed by atoms with Gasteiger partial charge in [0.2, 0.25) is 0 Å². The largest absolute Gasteiger partial charge is 0.456 e. The molecule has 59 heavy (non-hydrogen) atoms. The molecule has 0 aliphatic heterocycles. The van der Waals surface area contributed by atoms with Gasteiger partial charge in [0.05, 0.1) is 11.0 Å². The van der Waals surface area contributed by atoms with E-state index in [0.29, 0.717) is 17.5 Å². The Morgan fingerprint density at radius 2 is 1.03 bits per heavy atom. The molecule has 6 heteroatoms. The Balaban J connectivity index is 0.910. The summed E-state index contributed by atoms with van der Waals surface area (Å²) in [6, 6.07) is 64.3. The fourth-order valence-corrected chi connectivity index (χ4v) is 9.84. The van der Waals surface area contributed by atoms with E-state index >= 15 is 0 Å². The van der Waals surface area contributed by atoms with E-state index in [4.69, 9.17) is 19.4 Å². The molecule has 0 N–H and O–H groups in total. The van der Waals surface area contributed by atoms with Crippen LogP contribution in [0.15, 0.2) is 186 Å². The van der Waals surface area contributed by atoms with Gasteiger partial charge in [-0.2, -0.15) is 0 Å². The van der Waals surface area contributed by atoms with E-state index < -0.39 is 0 Å². The van der Waals surface area contributed by atoms with Crippen LogP contribution in [0.4, 0.5) is 0 Å². The summed E-state index contributed by atoms with van der Waals surface area (Å²) in [5.41, 5.74) is 10.8. The van der Waals surface area contributed by atoms with Crippen molar-refractivity contribution >= 4 is 75.3 Å². The Hall–Kier alpha value is -7.41. The number of rotatable bonds is 7. The predicted molar refractivity (Wildman–Crippen MR) is 244 cm³/mol. The quantitative estimate of drug-likeness (QED) is 0.162. The molecule has 0 amide bonds. The van der Waals surface area contributed by atoms with Gasteiger partial charge in [0.1, 0.15) is 11.2 Å². The van der Waals surface area contributed by atoms with E-state index in [1.54, 1.807) is 0 Å². The maximum absolute atomic E-state index is 6.48. The molecule has 4 heterocycles. The third-order valence-corrected chi connectivity index (χ3v) is 12.7. The molecule has 0 aliphatic carbocycles. The molecule has 5 nitrogen and oxygen atoms in total. The SMILES string of the molecule is c1ccc(-c2nc(-c3ccccc3)nc(-c3ccc4sc5ccc(CCc6cccc7oc8ccc(-n9c%10ccccc%10c%10ccccc%109)cc8c67)cc5c4c3)n2)cc1. The first-order valence-corrected chi connectivity index (χ1v) is 20.8. The Labute approximate surface area is 343 Å². The highest BCUT2D eigenvalue weighted by Gasteiger charge is 2.17. The number of hydrogen-bond donors (Lipinski definition) is 0. The standard InChI is InChI=1S/C53H34N4OS/c1-3-12-35(13-4-1)51-54-52(36-14-5-2-6-15-36)56-53(55-51)37-25-29-49-42(31-37)41-30-33(23-28-48(41)59-49)22-24-34-16-11-21-47-50(34)43-32-38(26-27-46(43)58-47)57-44-19-9-7-17-39(44)40-18-8-10-20-45(40)57/h1-21,23,25-32H,22,24H2. The predicted octanol–water partition coefficient (Wildman–Crippen LogP) is 14.0. The van der Waals surface area contributed by atoms with Crippen molar-refractivity contribution in [2.75, 3.05) is 0 Å². The molecule has 0 radical (unpaired) electrons. The van der Waals surface area contributed by atoms with E-state index in [2.05, 4.69) is 126 Å². The van der Waals surface area contributed by atoms with Gasteiger partial charge in [-0.15, -0.1) is 11.3 Å². The molecule has 0 bridgehead atoms. The molecule has 0 unspecified atom stereocenters. The van der Waals surface area contributed by atoms with Gasteiger partial charge in [-0.05, 0) is 90.7 Å². The van der Waals surface area contributed by atoms with Crippen LogP contribution >= 0.6 is 11.3 Å². The molecule has 0 atom stereocenters. The first-order chi connectivity index (χ1) is 29.2. The zero-order valence-corrected chi connectivity index (χ0v) is 32.7. The Morgan fingerprint density at radius 1 is 0.424 bits per heavy atom. The highest BCUT2D eigenvalue weighted by molar-refractivity contribution is 7.25. The van der Waals surface area contributed by atoms with Crippen molar-refractivity contribution in [3.05, 3.63) is 193 Å². The minimum absolute atomic E-state index is 0.662. The molecular formula is C53H34N4OS. The number of para-hydroxylation sites is 2. The monoisotopic (exact) mass is 774 g/mol. The molecule has 0 saturated heterocycles. The van der Waals surface area contributed by atoms with E-state index in [9.17, 15) is 0 Å². The molecule has 0 spiro atoms. The lowest BCUT2D eigenvalue weighted by Gasteiger charge is -2.09. The van der Waals surface area contributed by atoms with Crippen LogP contribution in [-0.4, -0.2) is 19.5 Å². The van der Waals surface area contributed by atoms with E-state index in [1.165, 1.54) is 58.5 Å². The maximum Gasteiger partial charge on any atom is 0.164 e. The lowest BCUT2D eigenvalue weighted by atomic mass is 9.98. The van der Waals surface area contributed by atoms with Gasteiger partial charge in [-0.25, -0.2) is 15.0 Å². The van der Waals surface area contributed by atoms with E-state index in [-0.39, 0.29) is 0 Å². The summed E-state index contributed by atoms with van der Waals surface area (Å²) in [6.07, 6.45) is 1.79. The van der Waals surface area contributed by atoms with E-state index in [0.717, 1.165) is 51.8 Å². The van der Waals surface area contributed by atoms with Gasteiger partial charge in [0, 0.05) is 64.1 Å². The van der Waals surface area contributed by atoms with Crippen LogP contribution in [0.25, 0.3) is 104 Å². The van der Waals surface area contributed by atoms with Gasteiger partial charge in [0.25, 0.3) is 0 Å². The molecule has 0 fully saturated rings. The van der Waals surface area contributed by atoms with Crippen molar-refractivity contribution in [2.24, 2.45) is 0 Å². The number of hydrogen-bond acceptors (Lipinski definition) is 5. The molecule has 8 aromatic carbocycles. The van der Waals surface area contributed by atoms with Gasteiger partial charge in [0.15, 0.2) is 17.5 Å². The van der Waals surface area contributed by atoms with Crippen LogP contribution in [0.1, 0.15) is 11.1 Å². The van der Waals surface area contributed by atoms with Crippen LogP contribution in [0, 0.1) is 0 Å². The van der Waals surface area contributed by atoms with E-state index in [1.807, 2.05) is 72.0 Å². The smallest absolute Gasteiger partial charge is 0.164 e. The molecule has 0 saturated carbocycles. The van der Waals surface area contributed by atoms with Crippen molar-refractivity contribution in [1.29, 1.82) is 0 Å². The zero-order valence-electron chi connectivity index (χ0n) is 31.8. The minimum Gasteiger partial charge on any atom is -0.456 e. The molecule has 278 valence electrons. The summed E-state index contributed by atoms with van der Waals surface area (Å²) in [4.78, 5) is 14.9. The van der Waals surface area contributed by atoms with Gasteiger partial charge in [-0.1, -0.05) is 115 Å². The maximum atomic E-state index is 6.48. The number of furan rings is 1. The van der Waals surface area contributed by atoms with Crippen LogP contribution in [0.5, 0.6) is 0 Å². The van der Waals surface area contributed by atoms with Crippen LogP contribution < -0.4 is 0 Å². The van der Waals surface area contributed by atoms with Crippen molar-refractivity contribution in [3.63, 3.8) is 0 Å². The normalized spacial score (nSPS) is 11.9. The lowest BCUT2D eigenvalue weighted by molar-refractivity contribution is 0.668. The summed E-state index contributed by atoms with van der Waals surface area (Å²) in [7, 11) is 0. The zero-order chi connectivity index (χ0) is 38.9. The highest BCUT2D eigenvalue weighted by Crippen LogP contribution is 2.39. The summed E-state index contributed by atoms with van der Waals surface area (Å²) in [5.74, 6) is 1.99.